The Labute approximate surface area is 105 Å². The van der Waals surface area contributed by atoms with Gasteiger partial charge in [-0.3, -0.25) is 4.79 Å². The van der Waals surface area contributed by atoms with E-state index in [0.717, 1.165) is 25.7 Å². The third-order valence-corrected chi connectivity index (χ3v) is 3.44. The molecular formula is C12H17N3O3. The van der Waals surface area contributed by atoms with Gasteiger partial charge in [-0.05, 0) is 19.8 Å². The first kappa shape index (κ1) is 12.6. The third-order valence-electron chi connectivity index (χ3n) is 3.44. The Morgan fingerprint density at radius 2 is 2.06 bits per heavy atom. The van der Waals surface area contributed by atoms with Crippen LogP contribution in [0.3, 0.4) is 0 Å². The molecule has 0 radical (unpaired) electrons. The number of amides is 1. The highest BCUT2D eigenvalue weighted by Gasteiger charge is 2.30. The topological polar surface area (TPSA) is 95.1 Å². The molecule has 1 aromatic heterocycles. The van der Waals surface area contributed by atoms with E-state index in [1.165, 1.54) is 12.7 Å². The van der Waals surface area contributed by atoms with Crippen molar-refractivity contribution in [3.63, 3.8) is 0 Å². The van der Waals surface area contributed by atoms with Crippen LogP contribution in [-0.2, 0) is 0 Å². The number of nitrogens with zero attached hydrogens (tertiary/aromatic N) is 1. The summed E-state index contributed by atoms with van der Waals surface area (Å²) in [5.41, 5.74) is -0.453. The van der Waals surface area contributed by atoms with E-state index in [0.29, 0.717) is 0 Å². The van der Waals surface area contributed by atoms with Crippen molar-refractivity contribution >= 4 is 11.9 Å². The summed E-state index contributed by atoms with van der Waals surface area (Å²) >= 11 is 0. The number of hydrogen-bond donors (Lipinski definition) is 3. The molecule has 0 saturated heterocycles. The maximum absolute atomic E-state index is 12.0. The van der Waals surface area contributed by atoms with Gasteiger partial charge >= 0.3 is 5.97 Å². The Morgan fingerprint density at radius 1 is 1.39 bits per heavy atom. The number of nitrogens with one attached hydrogen (secondary N) is 2. The van der Waals surface area contributed by atoms with E-state index in [1.54, 1.807) is 0 Å². The van der Waals surface area contributed by atoms with Crippen LogP contribution in [0.5, 0.6) is 0 Å². The molecule has 1 aliphatic rings. The lowest BCUT2D eigenvalue weighted by molar-refractivity contribution is 0.0682. The zero-order valence-corrected chi connectivity index (χ0v) is 10.3. The van der Waals surface area contributed by atoms with E-state index < -0.39 is 11.9 Å². The molecule has 0 atom stereocenters. The van der Waals surface area contributed by atoms with Crippen LogP contribution >= 0.6 is 0 Å². The van der Waals surface area contributed by atoms with E-state index >= 15 is 0 Å². The fraction of sp³-hybridized carbons (Fsp3) is 0.583. The number of imidazole rings is 1. The van der Waals surface area contributed by atoms with Crippen molar-refractivity contribution in [1.82, 2.24) is 15.3 Å². The standard InChI is InChI=1S/C12H17N3O3/c1-12(5-3-2-4-6-12)15-10(16)8-9(11(17)18)14-7-13-8/h7H,2-6H2,1H3,(H,13,14)(H,15,16)(H,17,18). The number of hydrogen-bond acceptors (Lipinski definition) is 3. The zero-order chi connectivity index (χ0) is 13.2. The van der Waals surface area contributed by atoms with Crippen LogP contribution in [0.25, 0.3) is 0 Å². The van der Waals surface area contributed by atoms with Gasteiger partial charge in [0.05, 0.1) is 6.33 Å². The first-order chi connectivity index (χ1) is 8.52. The minimum absolute atomic E-state index is 0.0469. The summed E-state index contributed by atoms with van der Waals surface area (Å²) < 4.78 is 0. The van der Waals surface area contributed by atoms with Crippen LogP contribution in [0.1, 0.15) is 60.0 Å². The number of aromatic nitrogens is 2. The highest BCUT2D eigenvalue weighted by molar-refractivity contribution is 6.02. The van der Waals surface area contributed by atoms with Crippen molar-refractivity contribution in [2.75, 3.05) is 0 Å². The van der Waals surface area contributed by atoms with Crippen LogP contribution in [0.4, 0.5) is 0 Å². The molecule has 0 unspecified atom stereocenters. The predicted octanol–water partition coefficient (Wildman–Crippen LogP) is 1.56. The Bertz CT molecular complexity index is 461. The van der Waals surface area contributed by atoms with Crippen molar-refractivity contribution in [3.8, 4) is 0 Å². The molecule has 1 fully saturated rings. The number of aromatic carboxylic acids is 1. The van der Waals surface area contributed by atoms with Crippen LogP contribution in [0, 0.1) is 0 Å². The molecule has 0 aliphatic heterocycles. The van der Waals surface area contributed by atoms with Crippen molar-refractivity contribution < 1.29 is 14.7 Å². The van der Waals surface area contributed by atoms with Crippen LogP contribution in [0.2, 0.25) is 0 Å². The average Bonchev–Trinajstić information content (AvgIpc) is 2.78. The van der Waals surface area contributed by atoms with Gasteiger partial charge in [0.2, 0.25) is 0 Å². The molecule has 2 rings (SSSR count). The number of carboxylic acid groups (broad SMARTS) is 1. The Kier molecular flexibility index (Phi) is 3.36. The molecule has 1 aromatic rings. The van der Waals surface area contributed by atoms with Gasteiger partial charge in [0.15, 0.2) is 11.4 Å². The minimum atomic E-state index is -1.17. The monoisotopic (exact) mass is 251 g/mol. The fourth-order valence-electron chi connectivity index (χ4n) is 2.42. The summed E-state index contributed by atoms with van der Waals surface area (Å²) in [6, 6.07) is 0. The molecule has 1 heterocycles. The van der Waals surface area contributed by atoms with Gasteiger partial charge in [0.1, 0.15) is 0 Å². The number of aromatic amines is 1. The Balaban J connectivity index is 2.11. The minimum Gasteiger partial charge on any atom is -0.477 e. The lowest BCUT2D eigenvalue weighted by Gasteiger charge is -2.34. The highest BCUT2D eigenvalue weighted by atomic mass is 16.4. The average molecular weight is 251 g/mol. The maximum Gasteiger partial charge on any atom is 0.354 e. The summed E-state index contributed by atoms with van der Waals surface area (Å²) in [6.07, 6.45) is 6.43. The maximum atomic E-state index is 12.0. The summed E-state index contributed by atoms with van der Waals surface area (Å²) in [6.45, 7) is 2.00. The molecular weight excluding hydrogens is 234 g/mol. The van der Waals surface area contributed by atoms with Crippen LogP contribution in [-0.4, -0.2) is 32.5 Å². The Hall–Kier alpha value is -1.85. The number of H-pyrrole nitrogens is 1. The first-order valence-corrected chi connectivity index (χ1v) is 6.11. The quantitative estimate of drug-likeness (QED) is 0.759. The summed E-state index contributed by atoms with van der Waals surface area (Å²) in [5.74, 6) is -1.59. The fourth-order valence-corrected chi connectivity index (χ4v) is 2.42. The smallest absolute Gasteiger partial charge is 0.354 e. The van der Waals surface area contributed by atoms with Crippen molar-refractivity contribution in [1.29, 1.82) is 0 Å². The number of carboxylic acids is 1. The van der Waals surface area contributed by atoms with E-state index in [9.17, 15) is 9.59 Å². The molecule has 0 spiro atoms. The largest absolute Gasteiger partial charge is 0.477 e. The Morgan fingerprint density at radius 3 is 2.67 bits per heavy atom. The second-order valence-corrected chi connectivity index (χ2v) is 5.01. The lowest BCUT2D eigenvalue weighted by atomic mass is 9.83. The van der Waals surface area contributed by atoms with Gasteiger partial charge < -0.3 is 15.4 Å². The van der Waals surface area contributed by atoms with Crippen molar-refractivity contribution in [2.24, 2.45) is 0 Å². The van der Waals surface area contributed by atoms with E-state index in [4.69, 9.17) is 5.11 Å². The molecule has 18 heavy (non-hydrogen) atoms. The second kappa shape index (κ2) is 4.80. The van der Waals surface area contributed by atoms with Crippen LogP contribution in [0.15, 0.2) is 6.33 Å². The summed E-state index contributed by atoms with van der Waals surface area (Å²) in [7, 11) is 0. The predicted molar refractivity (Wildman–Crippen MR) is 64.5 cm³/mol. The molecule has 6 heteroatoms. The second-order valence-electron chi connectivity index (χ2n) is 5.01. The SMILES string of the molecule is CC1(NC(=O)c2nc[nH]c2C(=O)O)CCCCC1. The normalized spacial score (nSPS) is 18.3. The van der Waals surface area contributed by atoms with Crippen molar-refractivity contribution in [2.45, 2.75) is 44.6 Å². The van der Waals surface area contributed by atoms with Crippen LogP contribution < -0.4 is 5.32 Å². The number of carbonyl (C=O) groups excluding carboxylic acids is 1. The van der Waals surface area contributed by atoms with E-state index in [2.05, 4.69) is 15.3 Å². The molecule has 1 saturated carbocycles. The third kappa shape index (κ3) is 2.52. The molecule has 98 valence electrons. The molecule has 1 amide bonds. The molecule has 0 bridgehead atoms. The van der Waals surface area contributed by atoms with E-state index in [-0.39, 0.29) is 16.9 Å². The lowest BCUT2D eigenvalue weighted by Crippen LogP contribution is -2.47. The molecule has 0 aromatic carbocycles. The summed E-state index contributed by atoms with van der Waals surface area (Å²) in [5, 5.41) is 11.8. The number of carbonyl (C=O) groups is 2. The van der Waals surface area contributed by atoms with E-state index in [1.807, 2.05) is 6.92 Å². The zero-order valence-electron chi connectivity index (χ0n) is 10.3. The molecule has 3 N–H and O–H groups in total. The molecule has 1 aliphatic carbocycles. The molecule has 6 nitrogen and oxygen atoms in total. The van der Waals surface area contributed by atoms with Crippen molar-refractivity contribution in [3.05, 3.63) is 17.7 Å². The highest BCUT2D eigenvalue weighted by Crippen LogP contribution is 2.27. The summed E-state index contributed by atoms with van der Waals surface area (Å²) in [4.78, 5) is 29.2. The van der Waals surface area contributed by atoms with Gasteiger partial charge in [-0.1, -0.05) is 19.3 Å². The van der Waals surface area contributed by atoms with Gasteiger partial charge in [0.25, 0.3) is 5.91 Å². The first-order valence-electron chi connectivity index (χ1n) is 6.11. The van der Waals surface area contributed by atoms with Gasteiger partial charge in [-0.2, -0.15) is 0 Å². The van der Waals surface area contributed by atoms with Gasteiger partial charge in [-0.25, -0.2) is 9.78 Å². The van der Waals surface area contributed by atoms with Gasteiger partial charge in [-0.15, -0.1) is 0 Å². The van der Waals surface area contributed by atoms with Gasteiger partial charge in [0, 0.05) is 5.54 Å². The number of rotatable bonds is 3.